The summed E-state index contributed by atoms with van der Waals surface area (Å²) in [5, 5.41) is 0. The molecule has 0 aromatic heterocycles. The minimum atomic E-state index is -4.68. The molecule has 1 N–H and O–H groups in total. The van der Waals surface area contributed by atoms with Crippen LogP contribution in [-0.4, -0.2) is 16.8 Å². The van der Waals surface area contributed by atoms with E-state index >= 15 is 0 Å². The molecule has 256 valence electrons. The third kappa shape index (κ3) is 33.9. The molecule has 0 aromatic rings. The number of unbranched alkanes of at least 4 members (excludes halogenated alkanes) is 28. The monoisotopic (exact) mass is 630 g/mol. The summed E-state index contributed by atoms with van der Waals surface area (Å²) < 4.78 is 21.2. The third-order valence-corrected chi connectivity index (χ3v) is 9.27. The Balaban J connectivity index is 3.53. The molecule has 43 heavy (non-hydrogen) atoms. The van der Waals surface area contributed by atoms with Gasteiger partial charge in [0.05, 0.1) is 0 Å². The van der Waals surface area contributed by atoms with Gasteiger partial charge in [-0.05, 0) is 12.8 Å². The van der Waals surface area contributed by atoms with Crippen molar-refractivity contribution in [3.63, 3.8) is 0 Å². The summed E-state index contributed by atoms with van der Waals surface area (Å²) in [5.41, 5.74) is 0. The van der Waals surface area contributed by atoms with E-state index in [1.165, 1.54) is 141 Å². The zero-order valence-corrected chi connectivity index (χ0v) is 29.5. The lowest BCUT2D eigenvalue weighted by atomic mass is 10.0. The predicted octanol–water partition coefficient (Wildman–Crippen LogP) is 12.7. The summed E-state index contributed by atoms with van der Waals surface area (Å²) >= 11 is 0. The average Bonchev–Trinajstić information content (AvgIpc) is 2.96. The lowest BCUT2D eigenvalue weighted by Crippen LogP contribution is -2.08. The maximum Gasteiger partial charge on any atom is 0.589 e. The normalized spacial score (nSPS) is 11.6. The maximum atomic E-state index is 12.0. The second-order valence-electron chi connectivity index (χ2n) is 12.8. The molecule has 0 aliphatic heterocycles. The van der Waals surface area contributed by atoms with Crippen LogP contribution < -0.4 is 0 Å². The molecule has 0 amide bonds. The molecule has 0 rings (SSSR count). The Morgan fingerprint density at radius 1 is 0.395 bits per heavy atom. The van der Waals surface area contributed by atoms with Gasteiger partial charge in [-0.15, -0.1) is 0 Å². The molecule has 0 fully saturated rings. The van der Waals surface area contributed by atoms with E-state index in [1.54, 1.807) is 0 Å². The summed E-state index contributed by atoms with van der Waals surface area (Å²) in [6.45, 7) is 4.51. The van der Waals surface area contributed by atoms with Crippen LogP contribution in [0.4, 0.5) is 0 Å². The van der Waals surface area contributed by atoms with E-state index in [0.717, 1.165) is 38.5 Å². The molecular weight excluding hydrogens is 559 g/mol. The second kappa shape index (κ2) is 32.5. The van der Waals surface area contributed by atoms with E-state index in [4.69, 9.17) is 0 Å². The summed E-state index contributed by atoms with van der Waals surface area (Å²) in [5.74, 6) is -1.55. The molecule has 0 radical (unpaired) electrons. The number of carbonyl (C=O) groups excluding carboxylic acids is 2. The van der Waals surface area contributed by atoms with Gasteiger partial charge in [-0.25, -0.2) is 4.57 Å². The zero-order valence-electron chi connectivity index (χ0n) is 28.6. The SMILES string of the molecule is CCCCCCCCCCCCCCCCCC(=O)OP(=O)(O)OC(=O)CCCCCCCCCCCCCCCCC. The quantitative estimate of drug-likeness (QED) is 0.0562. The fourth-order valence-corrected chi connectivity index (χ4v) is 6.38. The Hall–Kier alpha value is -0.870. The summed E-state index contributed by atoms with van der Waals surface area (Å²) in [4.78, 5) is 33.6. The zero-order chi connectivity index (χ0) is 31.7. The summed E-state index contributed by atoms with van der Waals surface area (Å²) in [7, 11) is -4.68. The second-order valence-corrected chi connectivity index (χ2v) is 14.1. The van der Waals surface area contributed by atoms with Gasteiger partial charge in [0.1, 0.15) is 0 Å². The molecule has 0 saturated carbocycles. The number of hydrogen-bond acceptors (Lipinski definition) is 5. The van der Waals surface area contributed by atoms with Crippen molar-refractivity contribution in [2.75, 3.05) is 0 Å². The molecule has 0 bridgehead atoms. The maximum absolute atomic E-state index is 12.0. The van der Waals surface area contributed by atoms with E-state index in [1.807, 2.05) is 0 Å². The average molecular weight is 631 g/mol. The highest BCUT2D eigenvalue weighted by molar-refractivity contribution is 7.48. The number of rotatable bonds is 34. The van der Waals surface area contributed by atoms with E-state index in [2.05, 4.69) is 22.9 Å². The van der Waals surface area contributed by atoms with Crippen LogP contribution in [0.15, 0.2) is 0 Å². The number of hydrogen-bond donors (Lipinski definition) is 1. The first kappa shape index (κ1) is 42.1. The molecule has 7 heteroatoms. The Labute approximate surface area is 266 Å². The molecular formula is C36H71O6P. The smallest absolute Gasteiger partial charge is 0.361 e. The van der Waals surface area contributed by atoms with Crippen LogP contribution in [0.5, 0.6) is 0 Å². The molecule has 0 spiro atoms. The van der Waals surface area contributed by atoms with Crippen LogP contribution in [0.3, 0.4) is 0 Å². The topological polar surface area (TPSA) is 89.9 Å². The number of carbonyl (C=O) groups is 2. The minimum absolute atomic E-state index is 0.0689. The largest absolute Gasteiger partial charge is 0.589 e. The molecule has 0 unspecified atom stereocenters. The highest BCUT2D eigenvalue weighted by atomic mass is 31.2. The van der Waals surface area contributed by atoms with Gasteiger partial charge >= 0.3 is 19.8 Å². The van der Waals surface area contributed by atoms with Gasteiger partial charge < -0.3 is 9.05 Å². The predicted molar refractivity (Wildman–Crippen MR) is 181 cm³/mol. The Kier molecular flexibility index (Phi) is 31.9. The summed E-state index contributed by atoms with van der Waals surface area (Å²) in [6, 6.07) is 0. The molecule has 0 heterocycles. The van der Waals surface area contributed by atoms with Crippen molar-refractivity contribution in [2.45, 2.75) is 219 Å². The fraction of sp³-hybridized carbons (Fsp3) is 0.944. The van der Waals surface area contributed by atoms with Crippen molar-refractivity contribution in [1.82, 2.24) is 0 Å². The van der Waals surface area contributed by atoms with E-state index in [-0.39, 0.29) is 12.8 Å². The molecule has 0 aliphatic carbocycles. The molecule has 0 atom stereocenters. The molecule has 6 nitrogen and oxygen atoms in total. The van der Waals surface area contributed by atoms with Crippen molar-refractivity contribution in [3.8, 4) is 0 Å². The van der Waals surface area contributed by atoms with E-state index < -0.39 is 19.8 Å². The van der Waals surface area contributed by atoms with Crippen LogP contribution in [0.1, 0.15) is 219 Å². The molecule has 0 aromatic carbocycles. The van der Waals surface area contributed by atoms with Crippen molar-refractivity contribution in [1.29, 1.82) is 0 Å². The van der Waals surface area contributed by atoms with Gasteiger partial charge in [-0.2, -0.15) is 0 Å². The lowest BCUT2D eigenvalue weighted by Gasteiger charge is -2.11. The first-order valence-electron chi connectivity index (χ1n) is 18.7. The van der Waals surface area contributed by atoms with Crippen LogP contribution >= 0.6 is 7.82 Å². The highest BCUT2D eigenvalue weighted by Crippen LogP contribution is 2.44. The summed E-state index contributed by atoms with van der Waals surface area (Å²) in [6.07, 6.45) is 37.0. The van der Waals surface area contributed by atoms with Crippen molar-refractivity contribution >= 4 is 19.8 Å². The van der Waals surface area contributed by atoms with Gasteiger partial charge in [0.2, 0.25) is 0 Å². The molecule has 0 aliphatic rings. The highest BCUT2D eigenvalue weighted by Gasteiger charge is 2.30. The van der Waals surface area contributed by atoms with Gasteiger partial charge in [0.25, 0.3) is 0 Å². The standard InChI is InChI=1S/C36H71O6P/c1-3-5-7-9-11-13-15-17-19-21-23-25-27-29-31-33-35(37)41-43(39,40)42-36(38)34-32-30-28-26-24-22-20-18-16-14-12-10-8-6-4-2/h3-34H2,1-2H3,(H,39,40). The first-order valence-corrected chi connectivity index (χ1v) is 20.2. The van der Waals surface area contributed by atoms with Crippen LogP contribution in [0, 0.1) is 0 Å². The number of phosphoric ester groups is 1. The van der Waals surface area contributed by atoms with Crippen LogP contribution in [-0.2, 0) is 23.2 Å². The van der Waals surface area contributed by atoms with E-state index in [0.29, 0.717) is 12.8 Å². The third-order valence-electron chi connectivity index (χ3n) is 8.40. The van der Waals surface area contributed by atoms with Crippen molar-refractivity contribution < 1.29 is 28.1 Å². The lowest BCUT2D eigenvalue weighted by molar-refractivity contribution is -0.140. The van der Waals surface area contributed by atoms with Crippen molar-refractivity contribution in [3.05, 3.63) is 0 Å². The van der Waals surface area contributed by atoms with Crippen molar-refractivity contribution in [2.24, 2.45) is 0 Å². The van der Waals surface area contributed by atoms with Gasteiger partial charge in [-0.1, -0.05) is 194 Å². The van der Waals surface area contributed by atoms with Gasteiger partial charge in [0.15, 0.2) is 0 Å². The van der Waals surface area contributed by atoms with Crippen LogP contribution in [0.2, 0.25) is 0 Å². The minimum Gasteiger partial charge on any atom is -0.361 e. The molecule has 0 saturated heterocycles. The Bertz CT molecular complexity index is 616. The fourth-order valence-electron chi connectivity index (χ4n) is 5.65. The van der Waals surface area contributed by atoms with Gasteiger partial charge in [-0.3, -0.25) is 14.5 Å². The van der Waals surface area contributed by atoms with Gasteiger partial charge in [0, 0.05) is 12.8 Å². The van der Waals surface area contributed by atoms with Crippen LogP contribution in [0.25, 0.3) is 0 Å². The van der Waals surface area contributed by atoms with E-state index in [9.17, 15) is 19.0 Å². The Morgan fingerprint density at radius 2 is 0.581 bits per heavy atom. The first-order chi connectivity index (χ1) is 20.9. The number of phosphoric acid groups is 1. The Morgan fingerprint density at radius 3 is 0.791 bits per heavy atom.